The van der Waals surface area contributed by atoms with E-state index in [1.54, 1.807) is 17.4 Å². The van der Waals surface area contributed by atoms with Crippen LogP contribution in [0.2, 0.25) is 0 Å². The number of rotatable bonds is 4. The molecule has 140 valence electrons. The van der Waals surface area contributed by atoms with Crippen molar-refractivity contribution in [3.63, 3.8) is 0 Å². The van der Waals surface area contributed by atoms with Gasteiger partial charge in [0, 0.05) is 24.0 Å². The van der Waals surface area contributed by atoms with Crippen molar-refractivity contribution in [3.05, 3.63) is 52.0 Å². The van der Waals surface area contributed by atoms with Crippen molar-refractivity contribution in [2.45, 2.75) is 36.5 Å². The quantitative estimate of drug-likeness (QED) is 0.669. The largest absolute Gasteiger partial charge is 0.339 e. The van der Waals surface area contributed by atoms with Gasteiger partial charge in [0.1, 0.15) is 0 Å². The van der Waals surface area contributed by atoms with E-state index in [-0.39, 0.29) is 5.92 Å². The van der Waals surface area contributed by atoms with Crippen molar-refractivity contribution in [2.24, 2.45) is 0 Å². The second-order valence-corrected chi connectivity index (χ2v) is 9.84. The molecule has 3 heterocycles. The molecule has 1 saturated heterocycles. The summed E-state index contributed by atoms with van der Waals surface area (Å²) in [5.41, 5.74) is 3.39. The molecule has 1 aromatic carbocycles. The second kappa shape index (κ2) is 6.54. The first-order valence-corrected chi connectivity index (χ1v) is 11.5. The van der Waals surface area contributed by atoms with Crippen LogP contribution < -0.4 is 0 Å². The third kappa shape index (κ3) is 3.01. The van der Waals surface area contributed by atoms with E-state index in [9.17, 15) is 8.42 Å². The van der Waals surface area contributed by atoms with Gasteiger partial charge in [-0.3, -0.25) is 0 Å². The standard InChI is InChI=1S/C19H19N3O3S2/c23-27(24,17-6-5-13-3-1-2-4-14(13)9-17)22-10-16(11-22)19-20-18(21-25-19)15-7-8-26-12-15/h5-9,12,16H,1-4,10-11H2. The van der Waals surface area contributed by atoms with Gasteiger partial charge in [0.25, 0.3) is 0 Å². The predicted molar refractivity (Wildman–Crippen MR) is 102 cm³/mol. The zero-order valence-corrected chi connectivity index (χ0v) is 16.3. The fourth-order valence-corrected chi connectivity index (χ4v) is 5.94. The maximum atomic E-state index is 12.9. The Morgan fingerprint density at radius 2 is 1.93 bits per heavy atom. The first-order chi connectivity index (χ1) is 13.1. The van der Waals surface area contributed by atoms with Gasteiger partial charge in [-0.1, -0.05) is 11.2 Å². The molecule has 0 unspecified atom stereocenters. The Labute approximate surface area is 161 Å². The van der Waals surface area contributed by atoms with Gasteiger partial charge in [-0.05, 0) is 60.4 Å². The van der Waals surface area contributed by atoms with Crippen molar-refractivity contribution >= 4 is 21.4 Å². The lowest BCUT2D eigenvalue weighted by molar-refractivity contribution is 0.217. The molecule has 6 nitrogen and oxygen atoms in total. The van der Waals surface area contributed by atoms with Crippen LogP contribution in [-0.4, -0.2) is 36.0 Å². The average Bonchev–Trinajstić information content (AvgIpc) is 3.31. The smallest absolute Gasteiger partial charge is 0.243 e. The molecule has 0 atom stereocenters. The van der Waals surface area contributed by atoms with Crippen molar-refractivity contribution in [3.8, 4) is 11.4 Å². The number of nitrogens with zero attached hydrogens (tertiary/aromatic N) is 3. The highest BCUT2D eigenvalue weighted by molar-refractivity contribution is 7.89. The number of fused-ring (bicyclic) bond motifs is 1. The molecule has 1 aliphatic heterocycles. The Hall–Kier alpha value is -2.03. The van der Waals surface area contributed by atoms with Crippen LogP contribution in [0, 0.1) is 0 Å². The molecule has 0 radical (unpaired) electrons. The predicted octanol–water partition coefficient (Wildman–Crippen LogP) is 3.47. The fraction of sp³-hybridized carbons (Fsp3) is 0.368. The average molecular weight is 402 g/mol. The highest BCUT2D eigenvalue weighted by atomic mass is 32.2. The molecule has 1 fully saturated rings. The summed E-state index contributed by atoms with van der Waals surface area (Å²) in [6.45, 7) is 0.759. The number of sulfonamides is 1. The van der Waals surface area contributed by atoms with Crippen molar-refractivity contribution in [1.82, 2.24) is 14.4 Å². The Balaban J connectivity index is 1.31. The van der Waals surface area contributed by atoms with Crippen LogP contribution >= 0.6 is 11.3 Å². The number of benzene rings is 1. The normalized spacial score (nSPS) is 18.2. The molecule has 2 aromatic heterocycles. The Bertz CT molecular complexity index is 1070. The van der Waals surface area contributed by atoms with Gasteiger partial charge < -0.3 is 4.52 Å². The molecule has 3 aromatic rings. The fourth-order valence-electron chi connectivity index (χ4n) is 3.72. The summed E-state index contributed by atoms with van der Waals surface area (Å²) in [6.07, 6.45) is 4.33. The minimum Gasteiger partial charge on any atom is -0.339 e. The molecule has 0 spiro atoms. The number of aromatic nitrogens is 2. The second-order valence-electron chi connectivity index (χ2n) is 7.12. The lowest BCUT2D eigenvalue weighted by Crippen LogP contribution is -2.48. The molecule has 0 saturated carbocycles. The Morgan fingerprint density at radius 1 is 1.11 bits per heavy atom. The molecular formula is C19H19N3O3S2. The maximum absolute atomic E-state index is 12.9. The lowest BCUT2D eigenvalue weighted by atomic mass is 9.92. The lowest BCUT2D eigenvalue weighted by Gasteiger charge is -2.36. The van der Waals surface area contributed by atoms with E-state index in [4.69, 9.17) is 4.52 Å². The molecular weight excluding hydrogens is 382 g/mol. The number of hydrogen-bond donors (Lipinski definition) is 0. The van der Waals surface area contributed by atoms with E-state index >= 15 is 0 Å². The van der Waals surface area contributed by atoms with Crippen molar-refractivity contribution in [2.75, 3.05) is 13.1 Å². The minimum atomic E-state index is -3.47. The summed E-state index contributed by atoms with van der Waals surface area (Å²) in [6, 6.07) is 7.52. The molecule has 0 N–H and O–H groups in total. The van der Waals surface area contributed by atoms with Crippen LogP contribution in [0.4, 0.5) is 0 Å². The van der Waals surface area contributed by atoms with Crippen molar-refractivity contribution in [1.29, 1.82) is 0 Å². The van der Waals surface area contributed by atoms with E-state index in [1.807, 2.05) is 29.0 Å². The van der Waals surface area contributed by atoms with Gasteiger partial charge in [-0.2, -0.15) is 20.6 Å². The Kier molecular flexibility index (Phi) is 4.14. The highest BCUT2D eigenvalue weighted by Gasteiger charge is 2.40. The summed E-state index contributed by atoms with van der Waals surface area (Å²) in [4.78, 5) is 4.82. The van der Waals surface area contributed by atoms with Gasteiger partial charge in [-0.25, -0.2) is 8.42 Å². The first kappa shape index (κ1) is 17.1. The molecule has 5 rings (SSSR count). The van der Waals surface area contributed by atoms with Crippen molar-refractivity contribution < 1.29 is 12.9 Å². The molecule has 0 amide bonds. The van der Waals surface area contributed by atoms with E-state index in [1.165, 1.54) is 21.9 Å². The minimum absolute atomic E-state index is 0.0442. The maximum Gasteiger partial charge on any atom is 0.243 e. The molecule has 1 aliphatic carbocycles. The van der Waals surface area contributed by atoms with Gasteiger partial charge in [0.05, 0.1) is 10.8 Å². The van der Waals surface area contributed by atoms with Gasteiger partial charge >= 0.3 is 0 Å². The van der Waals surface area contributed by atoms with E-state index in [0.717, 1.165) is 24.8 Å². The summed E-state index contributed by atoms with van der Waals surface area (Å²) in [7, 11) is -3.47. The van der Waals surface area contributed by atoms with Gasteiger partial charge in [0.2, 0.25) is 21.7 Å². The SMILES string of the molecule is O=S(=O)(c1ccc2c(c1)CCCC2)N1CC(c2nc(-c3ccsc3)no2)C1. The van der Waals surface area contributed by atoms with Crippen LogP contribution in [-0.2, 0) is 22.9 Å². The molecule has 27 heavy (non-hydrogen) atoms. The van der Waals surface area contributed by atoms with Crippen LogP contribution in [0.3, 0.4) is 0 Å². The summed E-state index contributed by atoms with van der Waals surface area (Å²) >= 11 is 1.57. The van der Waals surface area contributed by atoms with E-state index in [0.29, 0.717) is 29.7 Å². The van der Waals surface area contributed by atoms with Crippen LogP contribution in [0.25, 0.3) is 11.4 Å². The number of aryl methyl sites for hydroxylation is 2. The number of hydrogen-bond acceptors (Lipinski definition) is 6. The molecule has 0 bridgehead atoms. The molecule has 8 heteroatoms. The van der Waals surface area contributed by atoms with Crippen LogP contribution in [0.5, 0.6) is 0 Å². The third-order valence-electron chi connectivity index (χ3n) is 5.38. The molecule has 2 aliphatic rings. The Morgan fingerprint density at radius 3 is 2.70 bits per heavy atom. The summed E-state index contributed by atoms with van der Waals surface area (Å²) in [5, 5.41) is 7.93. The summed E-state index contributed by atoms with van der Waals surface area (Å²) in [5.74, 6) is 1.02. The van der Waals surface area contributed by atoms with E-state index < -0.39 is 10.0 Å². The van der Waals surface area contributed by atoms with Crippen LogP contribution in [0.1, 0.15) is 35.8 Å². The zero-order valence-electron chi connectivity index (χ0n) is 14.7. The van der Waals surface area contributed by atoms with Gasteiger partial charge in [0.15, 0.2) is 0 Å². The van der Waals surface area contributed by atoms with Crippen LogP contribution in [0.15, 0.2) is 44.4 Å². The third-order valence-corrected chi connectivity index (χ3v) is 7.89. The van der Waals surface area contributed by atoms with Gasteiger partial charge in [-0.15, -0.1) is 0 Å². The zero-order chi connectivity index (χ0) is 18.4. The monoisotopic (exact) mass is 401 g/mol. The topological polar surface area (TPSA) is 76.3 Å². The van der Waals surface area contributed by atoms with E-state index in [2.05, 4.69) is 10.1 Å². The highest BCUT2D eigenvalue weighted by Crippen LogP contribution is 2.33. The summed E-state index contributed by atoms with van der Waals surface area (Å²) < 4.78 is 32.7. The first-order valence-electron chi connectivity index (χ1n) is 9.09. The number of thiophene rings is 1.